The van der Waals surface area contributed by atoms with Gasteiger partial charge < -0.3 is 4.74 Å². The van der Waals surface area contributed by atoms with Crippen LogP contribution < -0.4 is 0 Å². The zero-order valence-corrected chi connectivity index (χ0v) is 7.18. The Morgan fingerprint density at radius 1 is 1.64 bits per heavy atom. The molecule has 0 aromatic rings. The van der Waals surface area contributed by atoms with Gasteiger partial charge in [0.25, 0.3) is 0 Å². The van der Waals surface area contributed by atoms with E-state index in [1.165, 1.54) is 0 Å². The first-order chi connectivity index (χ1) is 5.10. The van der Waals surface area contributed by atoms with Crippen molar-refractivity contribution in [3.63, 3.8) is 0 Å². The molecule has 1 unspecified atom stereocenters. The molecule has 0 heterocycles. The van der Waals surface area contributed by atoms with E-state index in [4.69, 9.17) is 11.3 Å². The summed E-state index contributed by atoms with van der Waals surface area (Å²) in [5.41, 5.74) is -0.976. The van der Waals surface area contributed by atoms with Crippen molar-refractivity contribution in [2.75, 3.05) is 6.61 Å². The van der Waals surface area contributed by atoms with Crippen LogP contribution in [0.25, 0.3) is 4.85 Å². The van der Waals surface area contributed by atoms with Crippen LogP contribution in [0.5, 0.6) is 0 Å². The van der Waals surface area contributed by atoms with Gasteiger partial charge in [0.1, 0.15) is 0 Å². The van der Waals surface area contributed by atoms with Crippen molar-refractivity contribution < 1.29 is 9.53 Å². The van der Waals surface area contributed by atoms with Gasteiger partial charge >= 0.3 is 11.5 Å². The van der Waals surface area contributed by atoms with Crippen molar-refractivity contribution in [1.82, 2.24) is 0 Å². The van der Waals surface area contributed by atoms with Crippen LogP contribution in [0, 0.1) is 6.57 Å². The zero-order valence-electron chi connectivity index (χ0n) is 7.18. The molecule has 11 heavy (non-hydrogen) atoms. The Kier molecular flexibility index (Phi) is 3.59. The van der Waals surface area contributed by atoms with Gasteiger partial charge in [0, 0.05) is 13.3 Å². The van der Waals surface area contributed by atoms with E-state index in [1.807, 2.05) is 0 Å². The standard InChI is InChI=1S/C8H13NO2/c1-5-8(3,9-4)7(10)11-6-2/h5-6H2,1-3H3. The predicted octanol–water partition coefficient (Wildman–Crippen LogP) is 1.64. The van der Waals surface area contributed by atoms with E-state index in [0.717, 1.165) is 0 Å². The average molecular weight is 155 g/mol. The number of hydrogen-bond donors (Lipinski definition) is 0. The third-order valence-electron chi connectivity index (χ3n) is 1.65. The monoisotopic (exact) mass is 155 g/mol. The molecule has 0 fully saturated rings. The van der Waals surface area contributed by atoms with Gasteiger partial charge in [-0.25, -0.2) is 11.4 Å². The summed E-state index contributed by atoms with van der Waals surface area (Å²) in [5, 5.41) is 0. The second-order valence-corrected chi connectivity index (χ2v) is 2.46. The maximum atomic E-state index is 11.1. The van der Waals surface area contributed by atoms with E-state index in [0.29, 0.717) is 13.0 Å². The predicted molar refractivity (Wildman–Crippen MR) is 41.9 cm³/mol. The van der Waals surface area contributed by atoms with E-state index in [9.17, 15) is 4.79 Å². The molecule has 0 saturated carbocycles. The van der Waals surface area contributed by atoms with Gasteiger partial charge in [-0.1, -0.05) is 6.92 Å². The van der Waals surface area contributed by atoms with Gasteiger partial charge in [-0.05, 0) is 6.92 Å². The molecule has 0 aromatic heterocycles. The third kappa shape index (κ3) is 2.23. The van der Waals surface area contributed by atoms with Crippen molar-refractivity contribution in [2.45, 2.75) is 32.7 Å². The number of carbonyl (C=O) groups excluding carboxylic acids is 1. The number of esters is 1. The lowest BCUT2D eigenvalue weighted by molar-refractivity contribution is -0.147. The number of rotatable bonds is 3. The molecule has 0 rings (SSSR count). The third-order valence-corrected chi connectivity index (χ3v) is 1.65. The first-order valence-corrected chi connectivity index (χ1v) is 3.66. The fourth-order valence-corrected chi connectivity index (χ4v) is 0.556. The quantitative estimate of drug-likeness (QED) is 0.458. The number of carbonyl (C=O) groups is 1. The molecule has 0 N–H and O–H groups in total. The van der Waals surface area contributed by atoms with Crippen LogP contribution in [-0.4, -0.2) is 18.1 Å². The smallest absolute Gasteiger partial charge is 0.392 e. The lowest BCUT2D eigenvalue weighted by Gasteiger charge is -2.11. The van der Waals surface area contributed by atoms with E-state index < -0.39 is 11.5 Å². The van der Waals surface area contributed by atoms with Crippen molar-refractivity contribution in [2.24, 2.45) is 0 Å². The largest absolute Gasteiger partial charge is 0.460 e. The Balaban J connectivity index is 4.28. The molecule has 3 heteroatoms. The molecule has 0 spiro atoms. The molecule has 0 radical (unpaired) electrons. The van der Waals surface area contributed by atoms with Gasteiger partial charge in [0.05, 0.1) is 6.61 Å². The molecule has 0 aliphatic heterocycles. The van der Waals surface area contributed by atoms with Crippen LogP contribution in [0.3, 0.4) is 0 Å². The Labute approximate surface area is 67.2 Å². The molecule has 0 aliphatic rings. The summed E-state index contributed by atoms with van der Waals surface area (Å²) in [6.45, 7) is 12.3. The molecular weight excluding hydrogens is 142 g/mol. The van der Waals surface area contributed by atoms with Crippen molar-refractivity contribution >= 4 is 5.97 Å². The maximum absolute atomic E-state index is 11.1. The van der Waals surface area contributed by atoms with Crippen molar-refractivity contribution in [1.29, 1.82) is 0 Å². The Bertz CT molecular complexity index is 183. The second-order valence-electron chi connectivity index (χ2n) is 2.46. The topological polar surface area (TPSA) is 30.7 Å². The molecule has 0 bridgehead atoms. The summed E-state index contributed by atoms with van der Waals surface area (Å²) in [4.78, 5) is 14.3. The SMILES string of the molecule is [C-]#[N+]C(C)(CC)C(=O)OCC. The highest BCUT2D eigenvalue weighted by molar-refractivity contribution is 5.82. The minimum absolute atomic E-state index is 0.337. The van der Waals surface area contributed by atoms with Crippen molar-refractivity contribution in [3.05, 3.63) is 11.4 Å². The van der Waals surface area contributed by atoms with Crippen LogP contribution >= 0.6 is 0 Å². The summed E-state index contributed by atoms with van der Waals surface area (Å²) in [5.74, 6) is -0.419. The summed E-state index contributed by atoms with van der Waals surface area (Å²) >= 11 is 0. The minimum Gasteiger partial charge on any atom is -0.460 e. The average Bonchev–Trinajstić information content (AvgIpc) is 2.03. The maximum Gasteiger partial charge on any atom is 0.392 e. The minimum atomic E-state index is -0.976. The molecule has 3 nitrogen and oxygen atoms in total. The lowest BCUT2D eigenvalue weighted by Crippen LogP contribution is -2.32. The van der Waals surface area contributed by atoms with Crippen LogP contribution in [0.2, 0.25) is 0 Å². The van der Waals surface area contributed by atoms with E-state index >= 15 is 0 Å². The lowest BCUT2D eigenvalue weighted by atomic mass is 10.0. The van der Waals surface area contributed by atoms with E-state index in [1.54, 1.807) is 20.8 Å². The molecule has 62 valence electrons. The van der Waals surface area contributed by atoms with Gasteiger partial charge in [0.2, 0.25) is 0 Å². The number of nitrogens with zero attached hydrogens (tertiary/aromatic N) is 1. The van der Waals surface area contributed by atoms with Gasteiger partial charge in [-0.2, -0.15) is 0 Å². The van der Waals surface area contributed by atoms with Crippen LogP contribution in [0.4, 0.5) is 0 Å². The molecule has 0 saturated heterocycles. The molecule has 0 aliphatic carbocycles. The summed E-state index contributed by atoms with van der Waals surface area (Å²) in [6.07, 6.45) is 0.495. The first-order valence-electron chi connectivity index (χ1n) is 3.66. The summed E-state index contributed by atoms with van der Waals surface area (Å²) < 4.78 is 4.74. The molecule has 0 amide bonds. The molecule has 1 atom stereocenters. The summed E-state index contributed by atoms with van der Waals surface area (Å²) in [7, 11) is 0. The van der Waals surface area contributed by atoms with Gasteiger partial charge in [-0.3, -0.25) is 4.85 Å². The van der Waals surface area contributed by atoms with E-state index in [-0.39, 0.29) is 0 Å². The molecule has 0 aromatic carbocycles. The van der Waals surface area contributed by atoms with Gasteiger partial charge in [0.15, 0.2) is 0 Å². The fourth-order valence-electron chi connectivity index (χ4n) is 0.556. The van der Waals surface area contributed by atoms with Crippen LogP contribution in [0.1, 0.15) is 27.2 Å². The normalized spacial score (nSPS) is 14.7. The Morgan fingerprint density at radius 3 is 2.45 bits per heavy atom. The summed E-state index contributed by atoms with van der Waals surface area (Å²) in [6, 6.07) is 0. The van der Waals surface area contributed by atoms with Gasteiger partial charge in [-0.15, -0.1) is 0 Å². The second kappa shape index (κ2) is 3.97. The van der Waals surface area contributed by atoms with Crippen LogP contribution in [0.15, 0.2) is 0 Å². The Morgan fingerprint density at radius 2 is 2.18 bits per heavy atom. The number of ether oxygens (including phenoxy) is 1. The highest BCUT2D eigenvalue weighted by Crippen LogP contribution is 2.16. The molecular formula is C8H13NO2. The van der Waals surface area contributed by atoms with Crippen LogP contribution in [-0.2, 0) is 9.53 Å². The zero-order chi connectivity index (χ0) is 8.91. The Hall–Kier alpha value is -1.04. The first kappa shape index (κ1) is 9.96. The number of hydrogen-bond acceptors (Lipinski definition) is 2. The van der Waals surface area contributed by atoms with Crippen molar-refractivity contribution in [3.8, 4) is 0 Å². The highest BCUT2D eigenvalue weighted by Gasteiger charge is 2.39. The fraction of sp³-hybridized carbons (Fsp3) is 0.750. The van der Waals surface area contributed by atoms with E-state index in [2.05, 4.69) is 4.85 Å². The highest BCUT2D eigenvalue weighted by atomic mass is 16.5.